The lowest BCUT2D eigenvalue weighted by atomic mass is 10.1. The highest BCUT2D eigenvalue weighted by Crippen LogP contribution is 2.28. The smallest absolute Gasteiger partial charge is 0.325 e. The molecule has 0 atom stereocenters. The van der Waals surface area contributed by atoms with Crippen molar-refractivity contribution >= 4 is 28.8 Å². The van der Waals surface area contributed by atoms with Crippen LogP contribution in [-0.4, -0.2) is 79.7 Å². The van der Waals surface area contributed by atoms with Gasteiger partial charge < -0.3 is 34.3 Å². The highest BCUT2D eigenvalue weighted by molar-refractivity contribution is 5.86. The van der Waals surface area contributed by atoms with Crippen LogP contribution in [0.5, 0.6) is 11.5 Å². The monoisotopic (exact) mass is 552 g/mol. The maximum atomic E-state index is 13.7. The first-order chi connectivity index (χ1) is 19.2. The van der Waals surface area contributed by atoms with Gasteiger partial charge in [-0.2, -0.15) is 0 Å². The third-order valence-electron chi connectivity index (χ3n) is 6.39. The lowest BCUT2D eigenvalue weighted by Gasteiger charge is -2.29. The van der Waals surface area contributed by atoms with Crippen LogP contribution in [0, 0.1) is 5.92 Å². The van der Waals surface area contributed by atoms with Crippen LogP contribution in [0.3, 0.4) is 0 Å². The fourth-order valence-corrected chi connectivity index (χ4v) is 4.48. The van der Waals surface area contributed by atoms with Crippen LogP contribution in [0.4, 0.5) is 4.79 Å². The van der Waals surface area contributed by atoms with E-state index in [2.05, 4.69) is 16.4 Å². The molecule has 1 aromatic heterocycles. The van der Waals surface area contributed by atoms with Crippen molar-refractivity contribution < 1.29 is 28.6 Å². The molecule has 2 aromatic carbocycles. The van der Waals surface area contributed by atoms with Crippen LogP contribution in [0.25, 0.3) is 10.9 Å². The molecule has 10 heteroatoms. The van der Waals surface area contributed by atoms with E-state index in [9.17, 15) is 14.4 Å². The molecule has 0 saturated heterocycles. The number of carbonyl (C=O) groups is 3. The number of benzene rings is 2. The standard InChI is InChI=1S/C30H40N4O6/c1-6-40-29(36)17-32-30(37)34(18-21(2)3)20-28(35)33(19-22-11-12-26(38-4)27(15-22)39-5)14-13-23-16-31-25-10-8-7-9-24(23)25/h7-12,15-16,21,31H,6,13-14,17-20H2,1-5H3,(H,32,37). The van der Waals surface area contributed by atoms with Gasteiger partial charge in [0.2, 0.25) is 5.91 Å². The summed E-state index contributed by atoms with van der Waals surface area (Å²) < 4.78 is 15.7. The van der Waals surface area contributed by atoms with Crippen molar-refractivity contribution in [1.82, 2.24) is 20.1 Å². The highest BCUT2D eigenvalue weighted by Gasteiger charge is 2.23. The first kappa shape index (κ1) is 30.3. The SMILES string of the molecule is CCOC(=O)CNC(=O)N(CC(=O)N(CCc1c[nH]c2ccccc12)Cc1ccc(OC)c(OC)c1)CC(C)C. The zero-order valence-corrected chi connectivity index (χ0v) is 24.0. The minimum Gasteiger partial charge on any atom is -0.493 e. The Balaban J connectivity index is 1.81. The Morgan fingerprint density at radius 3 is 2.45 bits per heavy atom. The number of rotatable bonds is 14. The number of urea groups is 1. The van der Waals surface area contributed by atoms with Gasteiger partial charge >= 0.3 is 12.0 Å². The summed E-state index contributed by atoms with van der Waals surface area (Å²) in [6.07, 6.45) is 2.60. The molecule has 3 amide bonds. The Hall–Kier alpha value is -4.21. The van der Waals surface area contributed by atoms with Crippen molar-refractivity contribution in [3.05, 3.63) is 59.8 Å². The Kier molecular flexibility index (Phi) is 11.2. The summed E-state index contributed by atoms with van der Waals surface area (Å²) in [6.45, 7) is 6.59. The summed E-state index contributed by atoms with van der Waals surface area (Å²) in [5, 5.41) is 3.69. The molecule has 216 valence electrons. The molecule has 0 radical (unpaired) electrons. The molecular weight excluding hydrogens is 512 g/mol. The molecule has 2 N–H and O–H groups in total. The van der Waals surface area contributed by atoms with Gasteiger partial charge in [-0.05, 0) is 48.6 Å². The molecule has 0 unspecified atom stereocenters. The number of ether oxygens (including phenoxy) is 3. The fraction of sp³-hybridized carbons (Fsp3) is 0.433. The van der Waals surface area contributed by atoms with E-state index >= 15 is 0 Å². The lowest BCUT2D eigenvalue weighted by Crippen LogP contribution is -2.49. The number of esters is 1. The molecule has 1 heterocycles. The van der Waals surface area contributed by atoms with Gasteiger partial charge in [-0.15, -0.1) is 0 Å². The predicted molar refractivity (Wildman–Crippen MR) is 153 cm³/mol. The maximum absolute atomic E-state index is 13.7. The summed E-state index contributed by atoms with van der Waals surface area (Å²) >= 11 is 0. The van der Waals surface area contributed by atoms with Crippen LogP contribution < -0.4 is 14.8 Å². The van der Waals surface area contributed by atoms with Gasteiger partial charge in [0, 0.05) is 36.7 Å². The molecule has 0 fully saturated rings. The quantitative estimate of drug-likeness (QED) is 0.293. The van der Waals surface area contributed by atoms with Crippen LogP contribution >= 0.6 is 0 Å². The number of para-hydroxylation sites is 1. The van der Waals surface area contributed by atoms with Crippen molar-refractivity contribution in [2.45, 2.75) is 33.7 Å². The second-order valence-electron chi connectivity index (χ2n) is 9.85. The minimum atomic E-state index is -0.527. The number of hydrogen-bond donors (Lipinski definition) is 2. The molecule has 0 aliphatic carbocycles. The molecule has 10 nitrogen and oxygen atoms in total. The number of aromatic amines is 1. The largest absolute Gasteiger partial charge is 0.493 e. The summed E-state index contributed by atoms with van der Waals surface area (Å²) in [7, 11) is 3.14. The zero-order chi connectivity index (χ0) is 29.1. The molecule has 40 heavy (non-hydrogen) atoms. The number of nitrogens with zero attached hydrogens (tertiary/aromatic N) is 2. The molecule has 0 spiro atoms. The van der Waals surface area contributed by atoms with E-state index in [1.54, 1.807) is 26.0 Å². The van der Waals surface area contributed by atoms with E-state index in [-0.39, 0.29) is 31.5 Å². The zero-order valence-electron chi connectivity index (χ0n) is 24.0. The number of amides is 3. The van der Waals surface area contributed by atoms with Gasteiger partial charge in [0.15, 0.2) is 11.5 Å². The van der Waals surface area contributed by atoms with Crippen LogP contribution in [-0.2, 0) is 27.3 Å². The number of hydrogen-bond acceptors (Lipinski definition) is 6. The number of H-pyrrole nitrogens is 1. The fourth-order valence-electron chi connectivity index (χ4n) is 4.48. The van der Waals surface area contributed by atoms with E-state index in [1.165, 1.54) is 4.90 Å². The maximum Gasteiger partial charge on any atom is 0.325 e. The highest BCUT2D eigenvalue weighted by atomic mass is 16.5. The molecule has 3 rings (SSSR count). The Labute approximate surface area is 235 Å². The topological polar surface area (TPSA) is 113 Å². The summed E-state index contributed by atoms with van der Waals surface area (Å²) in [4.78, 5) is 44.9. The number of fused-ring (bicyclic) bond motifs is 1. The van der Waals surface area contributed by atoms with E-state index in [4.69, 9.17) is 14.2 Å². The third kappa shape index (κ3) is 8.39. The van der Waals surface area contributed by atoms with Crippen LogP contribution in [0.2, 0.25) is 0 Å². The average molecular weight is 553 g/mol. The van der Waals surface area contributed by atoms with Crippen LogP contribution in [0.15, 0.2) is 48.7 Å². The van der Waals surface area contributed by atoms with Crippen molar-refractivity contribution in [2.75, 3.05) is 47.0 Å². The van der Waals surface area contributed by atoms with E-state index in [1.807, 2.05) is 56.4 Å². The normalized spacial score (nSPS) is 10.8. The molecule has 0 saturated carbocycles. The Morgan fingerprint density at radius 1 is 1.00 bits per heavy atom. The van der Waals surface area contributed by atoms with Crippen molar-refractivity contribution in [1.29, 1.82) is 0 Å². The number of carbonyl (C=O) groups excluding carboxylic acids is 3. The van der Waals surface area contributed by atoms with E-state index in [0.29, 0.717) is 37.6 Å². The minimum absolute atomic E-state index is 0.117. The second kappa shape index (κ2) is 14.8. The first-order valence-corrected chi connectivity index (χ1v) is 13.5. The van der Waals surface area contributed by atoms with Crippen molar-refractivity contribution in [3.63, 3.8) is 0 Å². The number of aromatic nitrogens is 1. The van der Waals surface area contributed by atoms with Gasteiger partial charge in [0.1, 0.15) is 13.1 Å². The van der Waals surface area contributed by atoms with E-state index < -0.39 is 12.0 Å². The van der Waals surface area contributed by atoms with Crippen LogP contribution in [0.1, 0.15) is 31.9 Å². The van der Waals surface area contributed by atoms with E-state index in [0.717, 1.165) is 22.0 Å². The molecular formula is C30H40N4O6. The second-order valence-corrected chi connectivity index (χ2v) is 9.85. The van der Waals surface area contributed by atoms with Gasteiger partial charge in [-0.1, -0.05) is 38.1 Å². The van der Waals surface area contributed by atoms with Gasteiger partial charge in [0.25, 0.3) is 0 Å². The van der Waals surface area contributed by atoms with Gasteiger partial charge in [-0.3, -0.25) is 9.59 Å². The Morgan fingerprint density at radius 2 is 1.75 bits per heavy atom. The summed E-state index contributed by atoms with van der Waals surface area (Å²) in [5.74, 6) is 0.557. The molecule has 3 aromatic rings. The average Bonchev–Trinajstić information content (AvgIpc) is 3.36. The molecule has 0 aliphatic rings. The van der Waals surface area contributed by atoms with Gasteiger partial charge in [-0.25, -0.2) is 4.79 Å². The third-order valence-corrected chi connectivity index (χ3v) is 6.39. The van der Waals surface area contributed by atoms with Crippen molar-refractivity contribution in [3.8, 4) is 11.5 Å². The molecule has 0 aliphatic heterocycles. The van der Waals surface area contributed by atoms with Gasteiger partial charge in [0.05, 0.1) is 20.8 Å². The van der Waals surface area contributed by atoms with Crippen molar-refractivity contribution in [2.24, 2.45) is 5.92 Å². The number of methoxy groups -OCH3 is 2. The number of nitrogens with one attached hydrogen (secondary N) is 2. The summed E-state index contributed by atoms with van der Waals surface area (Å²) in [5.41, 5.74) is 3.01. The molecule has 0 bridgehead atoms. The lowest BCUT2D eigenvalue weighted by molar-refractivity contribution is -0.141. The predicted octanol–water partition coefficient (Wildman–Crippen LogP) is 3.99. The Bertz CT molecular complexity index is 1290. The summed E-state index contributed by atoms with van der Waals surface area (Å²) in [6, 6.07) is 13.1. The first-order valence-electron chi connectivity index (χ1n) is 13.5.